The summed E-state index contributed by atoms with van der Waals surface area (Å²) in [5.74, 6) is 1.45. The van der Waals surface area contributed by atoms with Crippen molar-refractivity contribution in [3.8, 4) is 17.2 Å². The highest BCUT2D eigenvalue weighted by Gasteiger charge is 2.17. The number of rotatable bonds is 3. The van der Waals surface area contributed by atoms with Gasteiger partial charge in [0.25, 0.3) is 5.91 Å². The van der Waals surface area contributed by atoms with Crippen LogP contribution in [0.25, 0.3) is 0 Å². The molecule has 2 aromatic rings. The van der Waals surface area contributed by atoms with Crippen LogP contribution < -0.4 is 25.3 Å². The Kier molecular flexibility index (Phi) is 3.27. The Morgan fingerprint density at radius 2 is 2.00 bits per heavy atom. The van der Waals surface area contributed by atoms with Gasteiger partial charge in [-0.15, -0.1) is 0 Å². The fraction of sp³-hybridized carbons (Fsp3) is 0.133. The highest BCUT2D eigenvalue weighted by Crippen LogP contribution is 2.33. The highest BCUT2D eigenvalue weighted by molar-refractivity contribution is 6.05. The van der Waals surface area contributed by atoms with Crippen LogP contribution in [0, 0.1) is 0 Å². The molecule has 0 radical (unpaired) electrons. The summed E-state index contributed by atoms with van der Waals surface area (Å²) in [5, 5.41) is 2.77. The monoisotopic (exact) mass is 286 g/mol. The molecule has 2 aromatic carbocycles. The van der Waals surface area contributed by atoms with Crippen LogP contribution in [-0.4, -0.2) is 19.8 Å². The van der Waals surface area contributed by atoms with Crippen LogP contribution in [0.5, 0.6) is 17.2 Å². The van der Waals surface area contributed by atoms with Crippen LogP contribution >= 0.6 is 0 Å². The van der Waals surface area contributed by atoms with Crippen LogP contribution in [0.3, 0.4) is 0 Å². The first kappa shape index (κ1) is 13.1. The average molecular weight is 286 g/mol. The normalized spacial score (nSPS) is 12.0. The number of anilines is 2. The van der Waals surface area contributed by atoms with Crippen molar-refractivity contribution < 1.29 is 19.0 Å². The number of nitrogens with one attached hydrogen (secondary N) is 1. The van der Waals surface area contributed by atoms with Gasteiger partial charge >= 0.3 is 0 Å². The molecule has 0 spiro atoms. The van der Waals surface area contributed by atoms with E-state index in [-0.39, 0.29) is 12.7 Å². The third kappa shape index (κ3) is 2.55. The predicted octanol–water partition coefficient (Wildman–Crippen LogP) is 2.26. The van der Waals surface area contributed by atoms with E-state index in [0.717, 1.165) is 0 Å². The number of hydrogen-bond acceptors (Lipinski definition) is 5. The molecule has 0 saturated carbocycles. The summed E-state index contributed by atoms with van der Waals surface area (Å²) < 4.78 is 15.7. The molecule has 1 heterocycles. The summed E-state index contributed by atoms with van der Waals surface area (Å²) in [7, 11) is 1.53. The lowest BCUT2D eigenvalue weighted by Gasteiger charge is -2.11. The Morgan fingerprint density at radius 3 is 2.81 bits per heavy atom. The van der Waals surface area contributed by atoms with E-state index in [1.54, 1.807) is 36.4 Å². The maximum absolute atomic E-state index is 12.3. The van der Waals surface area contributed by atoms with Gasteiger partial charge in [0, 0.05) is 11.3 Å². The van der Waals surface area contributed by atoms with Crippen LogP contribution in [0.1, 0.15) is 10.4 Å². The van der Waals surface area contributed by atoms with Crippen molar-refractivity contribution in [3.63, 3.8) is 0 Å². The van der Waals surface area contributed by atoms with E-state index in [0.29, 0.717) is 34.2 Å². The molecule has 1 amide bonds. The molecular formula is C15H14N2O4. The van der Waals surface area contributed by atoms with E-state index in [1.165, 1.54) is 7.11 Å². The molecule has 3 N–H and O–H groups in total. The quantitative estimate of drug-likeness (QED) is 0.846. The molecule has 6 heteroatoms. The van der Waals surface area contributed by atoms with Crippen LogP contribution in [0.15, 0.2) is 36.4 Å². The first-order valence-electron chi connectivity index (χ1n) is 6.32. The second kappa shape index (κ2) is 5.24. The first-order valence-corrected chi connectivity index (χ1v) is 6.32. The minimum atomic E-state index is -0.280. The molecule has 1 aliphatic heterocycles. The molecule has 3 rings (SSSR count). The van der Waals surface area contributed by atoms with Gasteiger partial charge in [-0.2, -0.15) is 0 Å². The summed E-state index contributed by atoms with van der Waals surface area (Å²) in [4.78, 5) is 12.3. The van der Waals surface area contributed by atoms with Gasteiger partial charge in [-0.05, 0) is 36.4 Å². The number of nitrogens with two attached hydrogens (primary N) is 1. The van der Waals surface area contributed by atoms with Crippen molar-refractivity contribution >= 4 is 17.3 Å². The Morgan fingerprint density at radius 1 is 1.19 bits per heavy atom. The van der Waals surface area contributed by atoms with Crippen molar-refractivity contribution in [1.29, 1.82) is 0 Å². The van der Waals surface area contributed by atoms with E-state index < -0.39 is 0 Å². The molecule has 108 valence electrons. The lowest BCUT2D eigenvalue weighted by molar-refractivity contribution is 0.102. The number of fused-ring (bicyclic) bond motifs is 1. The Bertz CT molecular complexity index is 700. The summed E-state index contributed by atoms with van der Waals surface area (Å²) in [5.41, 5.74) is 7.24. The summed E-state index contributed by atoms with van der Waals surface area (Å²) in [6.45, 7) is 0.170. The number of carbonyl (C=O) groups excluding carboxylic acids is 1. The smallest absolute Gasteiger partial charge is 0.255 e. The molecule has 0 aromatic heterocycles. The van der Waals surface area contributed by atoms with Crippen LogP contribution in [-0.2, 0) is 0 Å². The average Bonchev–Trinajstić information content (AvgIpc) is 2.94. The fourth-order valence-corrected chi connectivity index (χ4v) is 2.06. The van der Waals surface area contributed by atoms with Gasteiger partial charge in [-0.25, -0.2) is 0 Å². The van der Waals surface area contributed by atoms with E-state index in [9.17, 15) is 4.79 Å². The van der Waals surface area contributed by atoms with Gasteiger partial charge in [0.05, 0.1) is 12.8 Å². The Hall–Kier alpha value is -2.89. The number of benzene rings is 2. The maximum Gasteiger partial charge on any atom is 0.255 e. The number of nitrogen functional groups attached to an aromatic ring is 1. The number of amides is 1. The molecule has 0 unspecified atom stereocenters. The van der Waals surface area contributed by atoms with Crippen molar-refractivity contribution in [2.75, 3.05) is 25.0 Å². The number of carbonyl (C=O) groups is 1. The summed E-state index contributed by atoms with van der Waals surface area (Å²) in [6.07, 6.45) is 0. The number of methoxy groups -OCH3 is 1. The van der Waals surface area contributed by atoms with Gasteiger partial charge < -0.3 is 25.3 Å². The molecule has 0 bridgehead atoms. The first-order chi connectivity index (χ1) is 10.2. The zero-order chi connectivity index (χ0) is 14.8. The van der Waals surface area contributed by atoms with Crippen LogP contribution in [0.4, 0.5) is 11.4 Å². The molecule has 0 atom stereocenters. The van der Waals surface area contributed by atoms with Gasteiger partial charge in [0.1, 0.15) is 5.75 Å². The lowest BCUT2D eigenvalue weighted by atomic mass is 10.1. The molecule has 0 saturated heterocycles. The summed E-state index contributed by atoms with van der Waals surface area (Å²) >= 11 is 0. The molecule has 6 nitrogen and oxygen atoms in total. The maximum atomic E-state index is 12.3. The third-order valence-corrected chi connectivity index (χ3v) is 3.11. The van der Waals surface area contributed by atoms with Crippen molar-refractivity contribution in [3.05, 3.63) is 42.0 Å². The third-order valence-electron chi connectivity index (χ3n) is 3.11. The van der Waals surface area contributed by atoms with Gasteiger partial charge in [-0.1, -0.05) is 0 Å². The second-order valence-corrected chi connectivity index (χ2v) is 4.48. The molecule has 0 aliphatic carbocycles. The van der Waals surface area contributed by atoms with E-state index >= 15 is 0 Å². The molecule has 21 heavy (non-hydrogen) atoms. The Labute approximate surface area is 121 Å². The molecule has 0 fully saturated rings. The highest BCUT2D eigenvalue weighted by atomic mass is 16.7. The largest absolute Gasteiger partial charge is 0.495 e. The minimum absolute atomic E-state index is 0.170. The van der Waals surface area contributed by atoms with E-state index in [2.05, 4.69) is 5.32 Å². The lowest BCUT2D eigenvalue weighted by Crippen LogP contribution is -2.12. The predicted molar refractivity (Wildman–Crippen MR) is 77.9 cm³/mol. The van der Waals surface area contributed by atoms with Crippen molar-refractivity contribution in [1.82, 2.24) is 0 Å². The van der Waals surface area contributed by atoms with E-state index in [1.807, 2.05) is 0 Å². The fourth-order valence-electron chi connectivity index (χ4n) is 2.06. The zero-order valence-corrected chi connectivity index (χ0v) is 11.4. The zero-order valence-electron chi connectivity index (χ0n) is 11.4. The second-order valence-electron chi connectivity index (χ2n) is 4.48. The van der Waals surface area contributed by atoms with E-state index in [4.69, 9.17) is 19.9 Å². The summed E-state index contributed by atoms with van der Waals surface area (Å²) in [6, 6.07) is 10.1. The van der Waals surface area contributed by atoms with Crippen molar-refractivity contribution in [2.24, 2.45) is 0 Å². The van der Waals surface area contributed by atoms with Gasteiger partial charge in [-0.3, -0.25) is 4.79 Å². The minimum Gasteiger partial charge on any atom is -0.495 e. The van der Waals surface area contributed by atoms with Gasteiger partial charge in [0.15, 0.2) is 11.5 Å². The van der Waals surface area contributed by atoms with Crippen molar-refractivity contribution in [2.45, 2.75) is 0 Å². The SMILES string of the molecule is COc1ccc(N)cc1NC(=O)c1ccc2c(c1)OCO2. The number of hydrogen-bond donors (Lipinski definition) is 2. The topological polar surface area (TPSA) is 82.8 Å². The van der Waals surface area contributed by atoms with Gasteiger partial charge in [0.2, 0.25) is 6.79 Å². The Balaban J connectivity index is 1.85. The standard InChI is InChI=1S/C15H14N2O4/c1-19-12-5-3-10(16)7-11(12)17-15(18)9-2-4-13-14(6-9)21-8-20-13/h2-7H,8,16H2,1H3,(H,17,18). The molecular weight excluding hydrogens is 272 g/mol. The molecule has 1 aliphatic rings. The van der Waals surface area contributed by atoms with Crippen LogP contribution in [0.2, 0.25) is 0 Å². The number of ether oxygens (including phenoxy) is 3.